The van der Waals surface area contributed by atoms with Gasteiger partial charge in [-0.05, 0) is 19.3 Å². The van der Waals surface area contributed by atoms with Gasteiger partial charge in [-0.25, -0.2) is 0 Å². The predicted molar refractivity (Wildman–Crippen MR) is 93.4 cm³/mol. The molecule has 0 spiro atoms. The Bertz CT molecular complexity index is 221. The van der Waals surface area contributed by atoms with Crippen LogP contribution in [0.15, 0.2) is 0 Å². The van der Waals surface area contributed by atoms with Gasteiger partial charge in [0, 0.05) is 5.66 Å². The van der Waals surface area contributed by atoms with Gasteiger partial charge >= 0.3 is 0 Å². The summed E-state index contributed by atoms with van der Waals surface area (Å²) in [7, 11) is 0.227. The second-order valence-corrected chi connectivity index (χ2v) is 7.35. The van der Waals surface area contributed by atoms with E-state index in [0.717, 1.165) is 25.7 Å². The predicted octanol–water partition coefficient (Wildman–Crippen LogP) is 6.51. The molecule has 0 rings (SSSR count). The average molecular weight is 316 g/mol. The van der Waals surface area contributed by atoms with Crippen molar-refractivity contribution in [1.29, 1.82) is 0 Å². The minimum absolute atomic E-state index is 0.168. The molecule has 2 atom stereocenters. The largest absolute Gasteiger partial charge is 0.393 e. The Hall–Kier alpha value is 0.0600. The first-order valence-electron chi connectivity index (χ1n) is 9.25. The Labute approximate surface area is 134 Å². The quantitative estimate of drug-likeness (QED) is 0.260. The average Bonchev–Trinajstić information content (AvgIpc) is 2.49. The summed E-state index contributed by atoms with van der Waals surface area (Å²) in [5.41, 5.74) is 0.168. The number of hydrogen-bond acceptors (Lipinski definition) is 2. The van der Waals surface area contributed by atoms with Gasteiger partial charge in [-0.1, -0.05) is 84.5 Å². The number of rotatable bonds is 16. The summed E-state index contributed by atoms with van der Waals surface area (Å²) in [5.74, 6) is 0. The molecule has 2 unspecified atom stereocenters. The van der Waals surface area contributed by atoms with Crippen LogP contribution in [0.3, 0.4) is 0 Å². The van der Waals surface area contributed by atoms with Crippen LogP contribution in [0, 0.1) is 0 Å². The third kappa shape index (κ3) is 14.8. The van der Waals surface area contributed by atoms with E-state index in [0.29, 0.717) is 6.42 Å². The molecule has 0 aromatic rings. The zero-order valence-electron chi connectivity index (χ0n) is 14.4. The van der Waals surface area contributed by atoms with Crippen LogP contribution in [-0.4, -0.2) is 16.9 Å². The fourth-order valence-electron chi connectivity index (χ4n) is 2.79. The monoisotopic (exact) mass is 316 g/mol. The molecule has 0 bridgehead atoms. The summed E-state index contributed by atoms with van der Waals surface area (Å²) < 4.78 is 11.2. The van der Waals surface area contributed by atoms with E-state index < -0.39 is 0 Å². The lowest BCUT2D eigenvalue weighted by molar-refractivity contribution is 0.148. The van der Waals surface area contributed by atoms with Crippen molar-refractivity contribution in [2.24, 2.45) is 0 Å². The molecule has 0 saturated heterocycles. The van der Waals surface area contributed by atoms with Crippen molar-refractivity contribution in [3.63, 3.8) is 0 Å². The fourth-order valence-corrected chi connectivity index (χ4v) is 3.41. The molecule has 0 fully saturated rings. The summed E-state index contributed by atoms with van der Waals surface area (Å²) in [6.07, 6.45) is 16.2. The minimum Gasteiger partial charge on any atom is -0.393 e. The smallest absolute Gasteiger partial charge is 0.158 e. The lowest BCUT2D eigenvalue weighted by Gasteiger charge is -2.14. The van der Waals surface area contributed by atoms with Crippen LogP contribution in [0.2, 0.25) is 0 Å². The summed E-state index contributed by atoms with van der Waals surface area (Å²) in [6.45, 7) is 4.44. The SMILES string of the molecule is CCCCCCCCCC(CC(O)CCCCCC)P=O. The molecule has 0 aliphatic heterocycles. The molecule has 0 aliphatic rings. The highest BCUT2D eigenvalue weighted by Crippen LogP contribution is 2.23. The number of unbranched alkanes of at least 4 members (excludes halogenated alkanes) is 9. The van der Waals surface area contributed by atoms with Gasteiger partial charge in [0.25, 0.3) is 0 Å². The molecule has 0 aromatic heterocycles. The highest BCUT2D eigenvalue weighted by atomic mass is 31.1. The Morgan fingerprint density at radius 2 is 1.24 bits per heavy atom. The first-order chi connectivity index (χ1) is 10.2. The van der Waals surface area contributed by atoms with Crippen molar-refractivity contribution in [1.82, 2.24) is 0 Å². The van der Waals surface area contributed by atoms with E-state index in [9.17, 15) is 9.67 Å². The van der Waals surface area contributed by atoms with Crippen molar-refractivity contribution < 1.29 is 9.67 Å². The van der Waals surface area contributed by atoms with Crippen molar-refractivity contribution in [3.05, 3.63) is 0 Å². The van der Waals surface area contributed by atoms with E-state index in [1.165, 1.54) is 57.8 Å². The van der Waals surface area contributed by atoms with Crippen molar-refractivity contribution in [3.8, 4) is 0 Å². The highest BCUT2D eigenvalue weighted by Gasteiger charge is 2.14. The maximum Gasteiger partial charge on any atom is 0.158 e. The first kappa shape index (κ1) is 21.1. The molecular weight excluding hydrogens is 279 g/mol. The van der Waals surface area contributed by atoms with Crippen LogP contribution in [0.4, 0.5) is 0 Å². The molecule has 0 radical (unpaired) electrons. The van der Waals surface area contributed by atoms with Gasteiger partial charge in [0.2, 0.25) is 0 Å². The topological polar surface area (TPSA) is 37.3 Å². The van der Waals surface area contributed by atoms with Gasteiger partial charge in [0.15, 0.2) is 8.46 Å². The third-order valence-corrected chi connectivity index (χ3v) is 4.99. The van der Waals surface area contributed by atoms with Crippen LogP contribution in [-0.2, 0) is 4.57 Å². The summed E-state index contributed by atoms with van der Waals surface area (Å²) >= 11 is 0. The van der Waals surface area contributed by atoms with Gasteiger partial charge < -0.3 is 5.11 Å². The van der Waals surface area contributed by atoms with E-state index in [1.807, 2.05) is 0 Å². The van der Waals surface area contributed by atoms with Crippen LogP contribution < -0.4 is 0 Å². The van der Waals surface area contributed by atoms with E-state index in [-0.39, 0.29) is 20.2 Å². The molecule has 0 heterocycles. The Kier molecular flexibility index (Phi) is 16.5. The number of aliphatic hydroxyl groups excluding tert-OH is 1. The maximum absolute atomic E-state index is 11.2. The lowest BCUT2D eigenvalue weighted by atomic mass is 10.0. The van der Waals surface area contributed by atoms with Crippen molar-refractivity contribution >= 4 is 8.46 Å². The van der Waals surface area contributed by atoms with Crippen LogP contribution in [0.25, 0.3) is 0 Å². The Balaban J connectivity index is 3.53. The summed E-state index contributed by atoms with van der Waals surface area (Å²) in [5, 5.41) is 10.0. The summed E-state index contributed by atoms with van der Waals surface area (Å²) in [4.78, 5) is 0. The maximum atomic E-state index is 11.2. The summed E-state index contributed by atoms with van der Waals surface area (Å²) in [6, 6.07) is 0. The Morgan fingerprint density at radius 3 is 1.81 bits per heavy atom. The number of hydrogen-bond donors (Lipinski definition) is 1. The van der Waals surface area contributed by atoms with Gasteiger partial charge in [-0.15, -0.1) is 0 Å². The van der Waals surface area contributed by atoms with Crippen LogP contribution in [0.5, 0.6) is 0 Å². The lowest BCUT2D eigenvalue weighted by Crippen LogP contribution is -2.13. The molecule has 0 amide bonds. The highest BCUT2D eigenvalue weighted by molar-refractivity contribution is 7.24. The number of aliphatic hydroxyl groups is 1. The molecule has 21 heavy (non-hydrogen) atoms. The van der Waals surface area contributed by atoms with E-state index in [2.05, 4.69) is 13.8 Å². The van der Waals surface area contributed by atoms with Crippen molar-refractivity contribution in [2.75, 3.05) is 0 Å². The zero-order valence-corrected chi connectivity index (χ0v) is 15.3. The second kappa shape index (κ2) is 16.4. The van der Waals surface area contributed by atoms with Gasteiger partial charge in [0.1, 0.15) is 0 Å². The minimum atomic E-state index is -0.252. The molecule has 0 aliphatic carbocycles. The standard InChI is InChI=1S/C18H37O2P/c1-3-5-7-9-10-11-13-15-18(21-20)16-17(19)14-12-8-6-4-2/h17-19H,3-16H2,1-2H3. The van der Waals surface area contributed by atoms with Crippen molar-refractivity contribution in [2.45, 2.75) is 116 Å². The molecule has 1 N–H and O–H groups in total. The molecule has 0 saturated carbocycles. The molecule has 3 heteroatoms. The van der Waals surface area contributed by atoms with Crippen LogP contribution in [0.1, 0.15) is 104 Å². The zero-order chi connectivity index (χ0) is 15.8. The second-order valence-electron chi connectivity index (χ2n) is 6.41. The third-order valence-electron chi connectivity index (χ3n) is 4.23. The normalized spacial score (nSPS) is 14.4. The first-order valence-corrected chi connectivity index (χ1v) is 10.1. The van der Waals surface area contributed by atoms with Gasteiger partial charge in [-0.3, -0.25) is 4.57 Å². The molecule has 126 valence electrons. The molecule has 2 nitrogen and oxygen atoms in total. The molecular formula is C18H37O2P. The van der Waals surface area contributed by atoms with E-state index in [1.54, 1.807) is 0 Å². The van der Waals surface area contributed by atoms with Gasteiger partial charge in [0.05, 0.1) is 6.10 Å². The Morgan fingerprint density at radius 1 is 0.762 bits per heavy atom. The van der Waals surface area contributed by atoms with Gasteiger partial charge in [-0.2, -0.15) is 0 Å². The van der Waals surface area contributed by atoms with Crippen LogP contribution >= 0.6 is 8.46 Å². The molecule has 0 aromatic carbocycles. The van der Waals surface area contributed by atoms with E-state index in [4.69, 9.17) is 0 Å². The fraction of sp³-hybridized carbons (Fsp3) is 1.00. The van der Waals surface area contributed by atoms with E-state index >= 15 is 0 Å².